The van der Waals surface area contributed by atoms with Crippen molar-refractivity contribution in [2.75, 3.05) is 7.11 Å². The number of unbranched alkanes of at least 4 members (excludes halogenated alkanes) is 11. The maximum atomic E-state index is 5.28. The second-order valence-electron chi connectivity index (χ2n) is 5.69. The predicted octanol–water partition coefficient (Wildman–Crippen LogP) is 6.28. The van der Waals surface area contributed by atoms with E-state index in [2.05, 4.69) is 13.5 Å². The van der Waals surface area contributed by atoms with Crippen LogP contribution in [-0.2, 0) is 4.74 Å². The van der Waals surface area contributed by atoms with Crippen molar-refractivity contribution in [1.29, 1.82) is 0 Å². The van der Waals surface area contributed by atoms with E-state index in [4.69, 9.17) is 4.74 Å². The number of ether oxygens (including phenoxy) is 1. The topological polar surface area (TPSA) is 9.23 Å². The molecular weight excluding hydrogens is 232 g/mol. The minimum atomic E-state index is 0.267. The van der Waals surface area contributed by atoms with Crippen LogP contribution in [0.3, 0.4) is 0 Å². The lowest BCUT2D eigenvalue weighted by Gasteiger charge is -2.09. The van der Waals surface area contributed by atoms with Crippen LogP contribution in [0.4, 0.5) is 0 Å². The smallest absolute Gasteiger partial charge is 0.0749 e. The Hall–Kier alpha value is -0.300. The third-order valence-electron chi connectivity index (χ3n) is 3.91. The molecule has 0 radical (unpaired) electrons. The molecule has 0 bridgehead atoms. The van der Waals surface area contributed by atoms with Crippen molar-refractivity contribution in [2.45, 2.75) is 96.5 Å². The van der Waals surface area contributed by atoms with Crippen molar-refractivity contribution in [3.05, 3.63) is 12.7 Å². The predicted molar refractivity (Wildman–Crippen MR) is 86.7 cm³/mol. The SMILES string of the molecule is C=CC(CCCCCCCCCCCCCC)OC. The molecule has 1 atom stereocenters. The molecule has 0 N–H and O–H groups in total. The van der Waals surface area contributed by atoms with E-state index in [-0.39, 0.29) is 6.10 Å². The van der Waals surface area contributed by atoms with Gasteiger partial charge in [-0.1, -0.05) is 90.0 Å². The third-order valence-corrected chi connectivity index (χ3v) is 3.91. The highest BCUT2D eigenvalue weighted by atomic mass is 16.5. The minimum Gasteiger partial charge on any atom is -0.377 e. The average molecular weight is 268 g/mol. The highest BCUT2D eigenvalue weighted by Crippen LogP contribution is 2.13. The van der Waals surface area contributed by atoms with E-state index in [0.717, 1.165) is 6.42 Å². The Morgan fingerprint density at radius 1 is 0.789 bits per heavy atom. The monoisotopic (exact) mass is 268 g/mol. The maximum absolute atomic E-state index is 5.28. The summed E-state index contributed by atoms with van der Waals surface area (Å²) < 4.78 is 5.28. The van der Waals surface area contributed by atoms with E-state index in [1.54, 1.807) is 7.11 Å². The average Bonchev–Trinajstić information content (AvgIpc) is 2.44. The van der Waals surface area contributed by atoms with Crippen LogP contribution in [0.1, 0.15) is 90.4 Å². The van der Waals surface area contributed by atoms with Gasteiger partial charge in [-0.15, -0.1) is 6.58 Å². The zero-order valence-electron chi connectivity index (χ0n) is 13.5. The molecule has 0 saturated heterocycles. The van der Waals surface area contributed by atoms with Gasteiger partial charge in [-0.2, -0.15) is 0 Å². The fourth-order valence-corrected chi connectivity index (χ4v) is 2.52. The summed E-state index contributed by atoms with van der Waals surface area (Å²) in [4.78, 5) is 0. The molecule has 0 aromatic carbocycles. The molecule has 19 heavy (non-hydrogen) atoms. The summed E-state index contributed by atoms with van der Waals surface area (Å²) in [6, 6.07) is 0. The maximum Gasteiger partial charge on any atom is 0.0749 e. The molecule has 0 aromatic heterocycles. The highest BCUT2D eigenvalue weighted by Gasteiger charge is 2.00. The van der Waals surface area contributed by atoms with Crippen LogP contribution in [0.2, 0.25) is 0 Å². The van der Waals surface area contributed by atoms with Crippen molar-refractivity contribution in [1.82, 2.24) is 0 Å². The van der Waals surface area contributed by atoms with Gasteiger partial charge in [0.15, 0.2) is 0 Å². The first-order chi connectivity index (χ1) is 9.35. The molecule has 114 valence electrons. The van der Waals surface area contributed by atoms with E-state index in [1.165, 1.54) is 77.0 Å². The van der Waals surface area contributed by atoms with Gasteiger partial charge in [0.25, 0.3) is 0 Å². The Balaban J connectivity index is 3.04. The molecule has 0 aliphatic carbocycles. The fourth-order valence-electron chi connectivity index (χ4n) is 2.52. The first-order valence-electron chi connectivity index (χ1n) is 8.50. The van der Waals surface area contributed by atoms with Crippen LogP contribution in [-0.4, -0.2) is 13.2 Å². The summed E-state index contributed by atoms with van der Waals surface area (Å²) in [5.74, 6) is 0. The minimum absolute atomic E-state index is 0.267. The lowest BCUT2D eigenvalue weighted by atomic mass is 10.0. The Morgan fingerprint density at radius 3 is 1.58 bits per heavy atom. The van der Waals surface area contributed by atoms with Crippen LogP contribution < -0.4 is 0 Å². The summed E-state index contributed by atoms with van der Waals surface area (Å²) in [6.07, 6.45) is 20.2. The van der Waals surface area contributed by atoms with Crippen LogP contribution in [0.5, 0.6) is 0 Å². The van der Waals surface area contributed by atoms with Gasteiger partial charge >= 0.3 is 0 Å². The lowest BCUT2D eigenvalue weighted by molar-refractivity contribution is 0.131. The van der Waals surface area contributed by atoms with Crippen molar-refractivity contribution in [3.8, 4) is 0 Å². The van der Waals surface area contributed by atoms with Crippen LogP contribution in [0.15, 0.2) is 12.7 Å². The molecule has 0 rings (SSSR count). The molecule has 0 amide bonds. The second-order valence-corrected chi connectivity index (χ2v) is 5.69. The van der Waals surface area contributed by atoms with E-state index in [9.17, 15) is 0 Å². The molecular formula is C18H36O. The molecule has 1 nitrogen and oxygen atoms in total. The molecule has 0 heterocycles. The lowest BCUT2D eigenvalue weighted by Crippen LogP contribution is -2.05. The molecule has 1 heteroatoms. The van der Waals surface area contributed by atoms with Crippen molar-refractivity contribution in [2.24, 2.45) is 0 Å². The second kappa shape index (κ2) is 15.8. The van der Waals surface area contributed by atoms with Gasteiger partial charge in [0.1, 0.15) is 0 Å². The molecule has 0 spiro atoms. The summed E-state index contributed by atoms with van der Waals surface area (Å²) >= 11 is 0. The number of methoxy groups -OCH3 is 1. The molecule has 0 aromatic rings. The van der Waals surface area contributed by atoms with Gasteiger partial charge in [-0.3, -0.25) is 0 Å². The standard InChI is InChI=1S/C18H36O/c1-4-6-7-8-9-10-11-12-13-14-15-16-17-18(5-2)19-3/h5,18H,2,4,6-17H2,1,3H3. The third kappa shape index (κ3) is 13.9. The Labute approximate surface area is 121 Å². The molecule has 0 fully saturated rings. The fraction of sp³-hybridized carbons (Fsp3) is 0.889. The first-order valence-corrected chi connectivity index (χ1v) is 8.50. The largest absolute Gasteiger partial charge is 0.377 e. The first kappa shape index (κ1) is 18.7. The van der Waals surface area contributed by atoms with E-state index >= 15 is 0 Å². The molecule has 0 saturated carbocycles. The summed E-state index contributed by atoms with van der Waals surface area (Å²) in [5.41, 5.74) is 0. The van der Waals surface area contributed by atoms with Crippen molar-refractivity contribution in [3.63, 3.8) is 0 Å². The summed E-state index contributed by atoms with van der Waals surface area (Å²) in [6.45, 7) is 6.06. The highest BCUT2D eigenvalue weighted by molar-refractivity contribution is 4.79. The molecule has 0 aliphatic rings. The zero-order chi connectivity index (χ0) is 14.2. The number of hydrogen-bond acceptors (Lipinski definition) is 1. The van der Waals surface area contributed by atoms with Crippen LogP contribution in [0.25, 0.3) is 0 Å². The molecule has 1 unspecified atom stereocenters. The number of hydrogen-bond donors (Lipinski definition) is 0. The Kier molecular flexibility index (Phi) is 15.5. The normalized spacial score (nSPS) is 12.5. The van der Waals surface area contributed by atoms with Gasteiger partial charge in [-0.25, -0.2) is 0 Å². The van der Waals surface area contributed by atoms with Crippen LogP contribution >= 0.6 is 0 Å². The van der Waals surface area contributed by atoms with Gasteiger partial charge < -0.3 is 4.74 Å². The van der Waals surface area contributed by atoms with Gasteiger partial charge in [-0.05, 0) is 6.42 Å². The summed E-state index contributed by atoms with van der Waals surface area (Å²) in [5, 5.41) is 0. The quantitative estimate of drug-likeness (QED) is 0.251. The Bertz CT molecular complexity index is 177. The molecule has 0 aliphatic heterocycles. The Morgan fingerprint density at radius 2 is 1.21 bits per heavy atom. The van der Waals surface area contributed by atoms with Gasteiger partial charge in [0.05, 0.1) is 6.10 Å². The van der Waals surface area contributed by atoms with E-state index < -0.39 is 0 Å². The van der Waals surface area contributed by atoms with E-state index in [0.29, 0.717) is 0 Å². The van der Waals surface area contributed by atoms with Gasteiger partial charge in [0.2, 0.25) is 0 Å². The van der Waals surface area contributed by atoms with E-state index in [1.807, 2.05) is 6.08 Å². The summed E-state index contributed by atoms with van der Waals surface area (Å²) in [7, 11) is 1.77. The zero-order valence-corrected chi connectivity index (χ0v) is 13.5. The van der Waals surface area contributed by atoms with Crippen molar-refractivity contribution < 1.29 is 4.74 Å². The number of rotatable bonds is 15. The van der Waals surface area contributed by atoms with Crippen LogP contribution in [0, 0.1) is 0 Å². The van der Waals surface area contributed by atoms with Gasteiger partial charge in [0, 0.05) is 7.11 Å². The van der Waals surface area contributed by atoms with Crippen molar-refractivity contribution >= 4 is 0 Å².